The summed E-state index contributed by atoms with van der Waals surface area (Å²) in [4.78, 5) is 24.2. The molecule has 0 spiro atoms. The predicted octanol–water partition coefficient (Wildman–Crippen LogP) is -0.260. The zero-order valence-electron chi connectivity index (χ0n) is 9.40. The van der Waals surface area contributed by atoms with Crippen molar-refractivity contribution in [2.75, 3.05) is 30.8 Å². The summed E-state index contributed by atoms with van der Waals surface area (Å²) in [6, 6.07) is 5.12. The number of benzene rings is 1. The van der Waals surface area contributed by atoms with Crippen molar-refractivity contribution in [2.24, 2.45) is 0 Å². The van der Waals surface area contributed by atoms with E-state index in [1.165, 1.54) is 7.11 Å². The van der Waals surface area contributed by atoms with Crippen LogP contribution in [0.15, 0.2) is 18.2 Å². The number of imide groups is 1. The summed E-state index contributed by atoms with van der Waals surface area (Å²) >= 11 is 0. The summed E-state index contributed by atoms with van der Waals surface area (Å²) in [6.45, 7) is 0.274. The Morgan fingerprint density at radius 1 is 1.24 bits per heavy atom. The number of nitrogens with two attached hydrogens (primary N) is 1. The van der Waals surface area contributed by atoms with Crippen LogP contribution >= 0.6 is 0 Å². The molecule has 0 bridgehead atoms. The third-order valence-corrected chi connectivity index (χ3v) is 2.46. The number of hydrogen-bond acceptors (Lipinski definition) is 5. The van der Waals surface area contributed by atoms with E-state index >= 15 is 0 Å². The molecule has 6 nitrogen and oxygen atoms in total. The summed E-state index contributed by atoms with van der Waals surface area (Å²) in [7, 11) is 1.53. The van der Waals surface area contributed by atoms with Crippen LogP contribution in [0.4, 0.5) is 11.4 Å². The lowest BCUT2D eigenvalue weighted by Gasteiger charge is -2.27. The standard InChI is InChI=1S/C11H13N3O3/c1-17-9-3-7(12)2-8(4-9)14-5-10(15)13-11(16)6-14/h2-4H,5-6,12H2,1H3,(H,13,15,16). The van der Waals surface area contributed by atoms with E-state index in [9.17, 15) is 9.59 Å². The van der Waals surface area contributed by atoms with E-state index in [1.54, 1.807) is 23.1 Å². The van der Waals surface area contributed by atoms with Gasteiger partial charge in [0.2, 0.25) is 11.8 Å². The highest BCUT2D eigenvalue weighted by Crippen LogP contribution is 2.25. The predicted molar refractivity (Wildman–Crippen MR) is 62.8 cm³/mol. The van der Waals surface area contributed by atoms with Crippen LogP contribution in [0.5, 0.6) is 5.75 Å². The topological polar surface area (TPSA) is 84.7 Å². The summed E-state index contributed by atoms with van der Waals surface area (Å²) < 4.78 is 5.09. The molecule has 2 rings (SSSR count). The normalized spacial score (nSPS) is 15.7. The number of anilines is 2. The van der Waals surface area contributed by atoms with Gasteiger partial charge in [0.25, 0.3) is 0 Å². The minimum atomic E-state index is -0.317. The molecule has 0 aliphatic carbocycles. The maximum absolute atomic E-state index is 11.3. The molecule has 0 saturated carbocycles. The Bertz CT molecular complexity index is 457. The molecule has 2 amide bonds. The lowest BCUT2D eigenvalue weighted by molar-refractivity contribution is -0.130. The highest BCUT2D eigenvalue weighted by molar-refractivity contribution is 6.02. The molecule has 0 radical (unpaired) electrons. The number of nitrogens with one attached hydrogen (secondary N) is 1. The first-order chi connectivity index (χ1) is 8.08. The van der Waals surface area contributed by atoms with Gasteiger partial charge in [-0.2, -0.15) is 0 Å². The molecule has 3 N–H and O–H groups in total. The van der Waals surface area contributed by atoms with Crippen LogP contribution < -0.4 is 20.7 Å². The van der Waals surface area contributed by atoms with Crippen LogP contribution in [0.25, 0.3) is 0 Å². The van der Waals surface area contributed by atoms with E-state index in [1.807, 2.05) is 0 Å². The van der Waals surface area contributed by atoms with Crippen LogP contribution in [0, 0.1) is 0 Å². The number of carbonyl (C=O) groups is 2. The zero-order valence-corrected chi connectivity index (χ0v) is 9.40. The first-order valence-electron chi connectivity index (χ1n) is 5.10. The van der Waals surface area contributed by atoms with Crippen molar-refractivity contribution in [1.29, 1.82) is 0 Å². The molecule has 17 heavy (non-hydrogen) atoms. The molecule has 0 unspecified atom stereocenters. The van der Waals surface area contributed by atoms with E-state index in [0.29, 0.717) is 17.1 Å². The van der Waals surface area contributed by atoms with Crippen LogP contribution in [-0.2, 0) is 9.59 Å². The Hall–Kier alpha value is -2.24. The van der Waals surface area contributed by atoms with Gasteiger partial charge in [0.05, 0.1) is 20.2 Å². The van der Waals surface area contributed by atoms with Crippen molar-refractivity contribution in [3.8, 4) is 5.75 Å². The molecule has 1 fully saturated rings. The van der Waals surface area contributed by atoms with Gasteiger partial charge in [-0.1, -0.05) is 0 Å². The number of piperazine rings is 1. The monoisotopic (exact) mass is 235 g/mol. The van der Waals surface area contributed by atoms with E-state index in [2.05, 4.69) is 5.32 Å². The summed E-state index contributed by atoms with van der Waals surface area (Å²) in [6.07, 6.45) is 0. The van der Waals surface area contributed by atoms with Gasteiger partial charge in [-0.3, -0.25) is 14.9 Å². The summed E-state index contributed by atoms with van der Waals surface area (Å²) in [5.41, 5.74) is 6.94. The Morgan fingerprint density at radius 2 is 1.88 bits per heavy atom. The molecule has 0 aromatic heterocycles. The van der Waals surface area contributed by atoms with Crippen molar-refractivity contribution in [2.45, 2.75) is 0 Å². The molecular weight excluding hydrogens is 222 g/mol. The number of amides is 2. The average molecular weight is 235 g/mol. The number of nitrogens with zero attached hydrogens (tertiary/aromatic N) is 1. The third-order valence-electron chi connectivity index (χ3n) is 2.46. The second-order valence-corrected chi connectivity index (χ2v) is 3.79. The van der Waals surface area contributed by atoms with Gasteiger partial charge in [0.1, 0.15) is 5.75 Å². The molecule has 1 heterocycles. The fourth-order valence-corrected chi connectivity index (χ4v) is 1.73. The van der Waals surface area contributed by atoms with Gasteiger partial charge in [-0.05, 0) is 6.07 Å². The molecule has 90 valence electrons. The van der Waals surface area contributed by atoms with Gasteiger partial charge in [0, 0.05) is 23.5 Å². The molecule has 1 aromatic carbocycles. The fraction of sp³-hybridized carbons (Fsp3) is 0.273. The number of methoxy groups -OCH3 is 1. The van der Waals surface area contributed by atoms with Crippen molar-refractivity contribution in [3.05, 3.63) is 18.2 Å². The minimum absolute atomic E-state index is 0.137. The van der Waals surface area contributed by atoms with Gasteiger partial charge in [0.15, 0.2) is 0 Å². The maximum atomic E-state index is 11.3. The minimum Gasteiger partial charge on any atom is -0.497 e. The van der Waals surface area contributed by atoms with Crippen LogP contribution in [0.1, 0.15) is 0 Å². The number of nitrogen functional groups attached to an aromatic ring is 1. The first-order valence-corrected chi connectivity index (χ1v) is 5.10. The van der Waals surface area contributed by atoms with Crippen LogP contribution in [-0.4, -0.2) is 32.0 Å². The molecule has 1 saturated heterocycles. The molecule has 0 atom stereocenters. The van der Waals surface area contributed by atoms with Gasteiger partial charge >= 0.3 is 0 Å². The molecular formula is C11H13N3O3. The highest BCUT2D eigenvalue weighted by atomic mass is 16.5. The lowest BCUT2D eigenvalue weighted by Crippen LogP contribution is -2.51. The summed E-state index contributed by atoms with van der Waals surface area (Å²) in [5.74, 6) is -0.0382. The highest BCUT2D eigenvalue weighted by Gasteiger charge is 2.23. The number of carbonyl (C=O) groups excluding carboxylic acids is 2. The zero-order chi connectivity index (χ0) is 12.4. The largest absolute Gasteiger partial charge is 0.497 e. The smallest absolute Gasteiger partial charge is 0.246 e. The van der Waals surface area contributed by atoms with Gasteiger partial charge in [-0.25, -0.2) is 0 Å². The Morgan fingerprint density at radius 3 is 2.47 bits per heavy atom. The van der Waals surface area contributed by atoms with Crippen LogP contribution in [0.2, 0.25) is 0 Å². The number of ether oxygens (including phenoxy) is 1. The van der Waals surface area contributed by atoms with E-state index in [0.717, 1.165) is 0 Å². The van der Waals surface area contributed by atoms with Crippen molar-refractivity contribution in [1.82, 2.24) is 5.32 Å². The molecule has 1 aliphatic heterocycles. The van der Waals surface area contributed by atoms with Gasteiger partial charge in [-0.15, -0.1) is 0 Å². The van der Waals surface area contributed by atoms with Crippen molar-refractivity contribution in [3.63, 3.8) is 0 Å². The Kier molecular flexibility index (Phi) is 2.86. The fourth-order valence-electron chi connectivity index (χ4n) is 1.73. The summed E-state index contributed by atoms with van der Waals surface area (Å²) in [5, 5.41) is 2.24. The van der Waals surface area contributed by atoms with Crippen LogP contribution in [0.3, 0.4) is 0 Å². The average Bonchev–Trinajstić information content (AvgIpc) is 2.26. The number of rotatable bonds is 2. The quantitative estimate of drug-likeness (QED) is 0.545. The van der Waals surface area contributed by atoms with Gasteiger partial charge < -0.3 is 15.4 Å². The Balaban J connectivity index is 2.29. The lowest BCUT2D eigenvalue weighted by atomic mass is 10.2. The van der Waals surface area contributed by atoms with E-state index in [4.69, 9.17) is 10.5 Å². The number of hydrogen-bond donors (Lipinski definition) is 2. The third kappa shape index (κ3) is 2.47. The Labute approximate surface area is 98.3 Å². The maximum Gasteiger partial charge on any atom is 0.246 e. The molecule has 6 heteroatoms. The molecule has 1 aliphatic rings. The van der Waals surface area contributed by atoms with E-state index < -0.39 is 0 Å². The van der Waals surface area contributed by atoms with Crippen molar-refractivity contribution < 1.29 is 14.3 Å². The van der Waals surface area contributed by atoms with Crippen molar-refractivity contribution >= 4 is 23.2 Å². The first kappa shape index (κ1) is 11.3. The second-order valence-electron chi connectivity index (χ2n) is 3.79. The van der Waals surface area contributed by atoms with E-state index in [-0.39, 0.29) is 24.9 Å². The SMILES string of the molecule is COc1cc(N)cc(N2CC(=O)NC(=O)C2)c1. The molecule has 1 aromatic rings. The second kappa shape index (κ2) is 4.32.